The summed E-state index contributed by atoms with van der Waals surface area (Å²) in [6.45, 7) is 9.40. The zero-order valence-electron chi connectivity index (χ0n) is 52.2. The first-order valence-electron chi connectivity index (χ1n) is 31.5. The van der Waals surface area contributed by atoms with Gasteiger partial charge in [-0.25, -0.2) is 4.79 Å². The number of benzene rings is 1. The molecule has 31 unspecified atom stereocenters. The van der Waals surface area contributed by atoms with Gasteiger partial charge in [0.25, 0.3) is 0 Å². The molecule has 1 aromatic carbocycles. The summed E-state index contributed by atoms with van der Waals surface area (Å²) in [6.07, 6.45) is -19.1. The van der Waals surface area contributed by atoms with Crippen molar-refractivity contribution >= 4 is 12.0 Å². The molecular formula is C63H96O26. The zero-order valence-corrected chi connectivity index (χ0v) is 52.2. The Morgan fingerprint density at radius 1 is 0.663 bits per heavy atom. The molecule has 8 fully saturated rings. The van der Waals surface area contributed by atoms with E-state index in [0.717, 1.165) is 11.1 Å². The number of esters is 1. The van der Waals surface area contributed by atoms with Gasteiger partial charge in [-0.2, -0.15) is 0 Å². The average Bonchev–Trinajstić information content (AvgIpc) is 1.61. The first-order valence-corrected chi connectivity index (χ1v) is 31.5. The largest absolute Gasteiger partial charge is 0.458 e. The standard InChI is InChI=1S/C63H96O26/c1-30-54(87-46-25-38(77-8)55(31(2)81-46)88-47-26-39(78-9)56(32(3)82-47)89-58-53(72)51(70)49(68)41(85-58)29-79-57-52(71)50(69)48(67)40(28-64)84-57)37(76-7)24-45(80-30)83-36-18-19-59(5)35(23-36)17-20-62(74)42(59)27-43(86-44(66)16-15-34-13-11-10-12-14-34)60(6)61(73,33(4)65)21-22-63(60,62)75/h10-17,30-33,36-43,45-58,64-65,67-75H,18-29H2,1-9H3. The number of hydrogen-bond acceptors (Lipinski definition) is 26. The summed E-state index contributed by atoms with van der Waals surface area (Å²) in [5, 5.41) is 123. The van der Waals surface area contributed by atoms with Crippen molar-refractivity contribution in [2.75, 3.05) is 34.5 Å². The van der Waals surface area contributed by atoms with Gasteiger partial charge in [0.05, 0.1) is 67.5 Å². The smallest absolute Gasteiger partial charge is 0.331 e. The van der Waals surface area contributed by atoms with Gasteiger partial charge < -0.3 is 122 Å². The third-order valence-corrected chi connectivity index (χ3v) is 21.7. The van der Waals surface area contributed by atoms with Crippen LogP contribution in [0, 0.1) is 16.7 Å². The van der Waals surface area contributed by atoms with E-state index in [2.05, 4.69) is 6.92 Å². The number of carbonyl (C=O) groups excluding carboxylic acids is 1. The van der Waals surface area contributed by atoms with E-state index in [0.29, 0.717) is 25.7 Å². The number of methoxy groups -OCH3 is 3. The molecule has 0 aromatic heterocycles. The number of rotatable bonds is 19. The van der Waals surface area contributed by atoms with Gasteiger partial charge in [0.2, 0.25) is 0 Å². The van der Waals surface area contributed by atoms with E-state index >= 15 is 0 Å². The van der Waals surface area contributed by atoms with Crippen molar-refractivity contribution in [3.63, 3.8) is 0 Å². The fourth-order valence-corrected chi connectivity index (χ4v) is 16.3. The fraction of sp³-hybridized carbons (Fsp3) is 0.825. The third-order valence-electron chi connectivity index (χ3n) is 21.7. The minimum atomic E-state index is -1.94. The predicted octanol–water partition coefficient (Wildman–Crippen LogP) is 0.141. The quantitative estimate of drug-likeness (QED) is 0.0498. The maximum absolute atomic E-state index is 13.7. The lowest BCUT2D eigenvalue weighted by atomic mass is 9.42. The van der Waals surface area contributed by atoms with E-state index in [-0.39, 0.29) is 44.6 Å². The molecule has 26 nitrogen and oxygen atoms in total. The summed E-state index contributed by atoms with van der Waals surface area (Å²) in [7, 11) is 4.64. The summed E-state index contributed by atoms with van der Waals surface area (Å²) in [5.74, 6) is -1.26. The second-order valence-corrected chi connectivity index (χ2v) is 26.6. The first-order chi connectivity index (χ1) is 42.2. The van der Waals surface area contributed by atoms with Crippen molar-refractivity contribution in [1.82, 2.24) is 0 Å². The van der Waals surface area contributed by atoms with Gasteiger partial charge in [-0.15, -0.1) is 0 Å². The van der Waals surface area contributed by atoms with Crippen LogP contribution < -0.4 is 0 Å². The van der Waals surface area contributed by atoms with E-state index in [9.17, 15) is 61.0 Å². The average molecular weight is 1270 g/mol. The maximum Gasteiger partial charge on any atom is 0.331 e. The van der Waals surface area contributed by atoms with Crippen LogP contribution in [-0.2, 0) is 71.1 Å². The lowest BCUT2D eigenvalue weighted by Gasteiger charge is -2.67. The van der Waals surface area contributed by atoms with E-state index in [1.165, 1.54) is 20.1 Å². The normalized spacial score (nSPS) is 49.7. The highest BCUT2D eigenvalue weighted by Crippen LogP contribution is 2.71. The molecule has 5 aliphatic heterocycles. The van der Waals surface area contributed by atoms with Crippen LogP contribution in [0.1, 0.15) is 111 Å². The monoisotopic (exact) mass is 1270 g/mol. The Balaban J connectivity index is 0.727. The molecule has 0 bridgehead atoms. The highest BCUT2D eigenvalue weighted by atomic mass is 16.8. The SMILES string of the molecule is COC1CC(OC2CCC3(C)C(=CCC4(O)C3CC(OC(=O)C=Cc3ccccc3)C3(C)C(O)(C(C)O)CCC43O)C2)OC(C)C1OC1CC(OC)C(OC2CC(OC)C(OC3OC(COC4OC(CO)C(O)C(O)C4O)C(O)C(O)C3O)C(C)O2)C(C)O1. The first kappa shape index (κ1) is 69.1. The lowest BCUT2D eigenvalue weighted by Crippen LogP contribution is -2.78. The molecule has 26 heteroatoms. The van der Waals surface area contributed by atoms with Crippen molar-refractivity contribution in [3.8, 4) is 0 Å². The Morgan fingerprint density at radius 3 is 1.74 bits per heavy atom. The fourth-order valence-electron chi connectivity index (χ4n) is 16.3. The van der Waals surface area contributed by atoms with Crippen LogP contribution in [-0.4, -0.2) is 267 Å². The second kappa shape index (κ2) is 27.5. The Hall–Kier alpha value is -2.79. The summed E-state index contributed by atoms with van der Waals surface area (Å²) in [5.41, 5.74) is -6.02. The van der Waals surface area contributed by atoms with E-state index in [1.807, 2.05) is 50.3 Å². The number of aliphatic hydroxyl groups is 11. The van der Waals surface area contributed by atoms with Crippen molar-refractivity contribution < 1.29 is 127 Å². The summed E-state index contributed by atoms with van der Waals surface area (Å²) < 4.78 is 86.7. The second-order valence-electron chi connectivity index (χ2n) is 26.6. The molecule has 1 aromatic rings. The molecule has 89 heavy (non-hydrogen) atoms. The van der Waals surface area contributed by atoms with E-state index in [1.54, 1.807) is 34.1 Å². The zero-order chi connectivity index (χ0) is 64.3. The highest BCUT2D eigenvalue weighted by Gasteiger charge is 2.81. The molecule has 10 rings (SSSR count). The molecule has 5 heterocycles. The van der Waals surface area contributed by atoms with Gasteiger partial charge in [-0.3, -0.25) is 0 Å². The van der Waals surface area contributed by atoms with Gasteiger partial charge in [0, 0.05) is 52.6 Å². The van der Waals surface area contributed by atoms with Crippen LogP contribution in [0.15, 0.2) is 48.1 Å². The molecule has 4 aliphatic carbocycles. The molecule has 0 radical (unpaired) electrons. The number of carbonyl (C=O) groups is 1. The number of hydrogen-bond donors (Lipinski definition) is 11. The Morgan fingerprint density at radius 2 is 1.19 bits per heavy atom. The van der Waals surface area contributed by atoms with Crippen LogP contribution in [0.3, 0.4) is 0 Å². The molecule has 5 saturated heterocycles. The van der Waals surface area contributed by atoms with Gasteiger partial charge in [-0.1, -0.05) is 55.8 Å². The van der Waals surface area contributed by atoms with Crippen molar-refractivity contribution in [3.05, 3.63) is 53.6 Å². The van der Waals surface area contributed by atoms with E-state index < -0.39 is 200 Å². The molecule has 0 amide bonds. The Bertz CT molecular complexity index is 2580. The minimum Gasteiger partial charge on any atom is -0.458 e. The van der Waals surface area contributed by atoms with Gasteiger partial charge in [0.15, 0.2) is 31.5 Å². The molecular weight excluding hydrogens is 1170 g/mol. The Labute approximate surface area is 518 Å². The van der Waals surface area contributed by atoms with Gasteiger partial charge >= 0.3 is 5.97 Å². The van der Waals surface area contributed by atoms with Gasteiger partial charge in [0.1, 0.15) is 90.1 Å². The van der Waals surface area contributed by atoms with Crippen LogP contribution >= 0.6 is 0 Å². The topological polar surface area (TPSA) is 369 Å². The number of aliphatic hydroxyl groups excluding tert-OH is 8. The molecule has 3 saturated carbocycles. The molecule has 504 valence electrons. The van der Waals surface area contributed by atoms with Crippen LogP contribution in [0.4, 0.5) is 0 Å². The van der Waals surface area contributed by atoms with Crippen LogP contribution in [0.25, 0.3) is 6.08 Å². The van der Waals surface area contributed by atoms with Crippen molar-refractivity contribution in [1.29, 1.82) is 0 Å². The molecule has 9 aliphatic rings. The van der Waals surface area contributed by atoms with Crippen molar-refractivity contribution in [2.45, 2.75) is 276 Å². The molecule has 31 atom stereocenters. The number of ether oxygens (including phenoxy) is 14. The lowest BCUT2D eigenvalue weighted by molar-refractivity contribution is -0.362. The maximum atomic E-state index is 13.7. The predicted molar refractivity (Wildman–Crippen MR) is 307 cm³/mol. The van der Waals surface area contributed by atoms with Crippen LogP contribution in [0.5, 0.6) is 0 Å². The van der Waals surface area contributed by atoms with Gasteiger partial charge in [-0.05, 0) is 89.7 Å². The molecule has 0 spiro atoms. The third kappa shape index (κ3) is 12.7. The summed E-state index contributed by atoms with van der Waals surface area (Å²) >= 11 is 0. The molecule has 11 N–H and O–H groups in total. The minimum absolute atomic E-state index is 0.0121. The highest BCUT2D eigenvalue weighted by molar-refractivity contribution is 5.87. The summed E-state index contributed by atoms with van der Waals surface area (Å²) in [6, 6.07) is 9.28. The van der Waals surface area contributed by atoms with E-state index in [4.69, 9.17) is 66.3 Å². The Kier molecular flexibility index (Phi) is 21.3. The van der Waals surface area contributed by atoms with Crippen LogP contribution in [0.2, 0.25) is 0 Å². The van der Waals surface area contributed by atoms with Crippen molar-refractivity contribution in [2.24, 2.45) is 16.7 Å². The summed E-state index contributed by atoms with van der Waals surface area (Å²) in [4.78, 5) is 13.7. The number of fused-ring (bicyclic) bond motifs is 5.